The van der Waals surface area contributed by atoms with Gasteiger partial charge in [-0.2, -0.15) is 0 Å². The van der Waals surface area contributed by atoms with Crippen molar-refractivity contribution in [3.8, 4) is 0 Å². The summed E-state index contributed by atoms with van der Waals surface area (Å²) in [5.41, 5.74) is 5.50. The van der Waals surface area contributed by atoms with Gasteiger partial charge >= 0.3 is 0 Å². The minimum Gasteiger partial charge on any atom is -0.0617 e. The molecule has 0 unspecified atom stereocenters. The van der Waals surface area contributed by atoms with E-state index in [1.54, 1.807) is 0 Å². The van der Waals surface area contributed by atoms with E-state index in [1.165, 1.54) is 22.3 Å². The van der Waals surface area contributed by atoms with Gasteiger partial charge in [-0.25, -0.2) is 0 Å². The Balaban J connectivity index is 2.15. The topological polar surface area (TPSA) is 0 Å². The summed E-state index contributed by atoms with van der Waals surface area (Å²) in [5, 5.41) is 0. The molecular weight excluding hydrogens is 180 g/mol. The Hall–Kier alpha value is -1.56. The van der Waals surface area contributed by atoms with Crippen LogP contribution in [-0.4, -0.2) is 0 Å². The van der Waals surface area contributed by atoms with E-state index in [0.717, 1.165) is 6.42 Å². The molecule has 1 aromatic rings. The second kappa shape index (κ2) is 4.31. The second-order valence-corrected chi connectivity index (χ2v) is 4.12. The van der Waals surface area contributed by atoms with Crippen LogP contribution in [0.2, 0.25) is 0 Å². The molecule has 0 spiro atoms. The lowest BCUT2D eigenvalue weighted by Gasteiger charge is -2.04. The first-order chi connectivity index (χ1) is 7.25. The number of aryl methyl sites for hydroxylation is 1. The predicted molar refractivity (Wildman–Crippen MR) is 65.9 cm³/mol. The largest absolute Gasteiger partial charge is 0.0617 e. The minimum atomic E-state index is 1.05. The molecule has 0 nitrogen and oxygen atoms in total. The molecule has 0 fully saturated rings. The molecule has 0 heterocycles. The average Bonchev–Trinajstić information content (AvgIpc) is 2.74. The Bertz CT molecular complexity index is 414. The van der Waals surface area contributed by atoms with E-state index >= 15 is 0 Å². The molecule has 0 saturated carbocycles. The van der Waals surface area contributed by atoms with Gasteiger partial charge in [0.05, 0.1) is 0 Å². The molecule has 0 saturated heterocycles. The van der Waals surface area contributed by atoms with Gasteiger partial charge in [0, 0.05) is 0 Å². The number of hydrogen-bond acceptors (Lipinski definition) is 0. The van der Waals surface area contributed by atoms with Crippen molar-refractivity contribution in [2.24, 2.45) is 0 Å². The highest BCUT2D eigenvalue weighted by molar-refractivity contribution is 5.44. The van der Waals surface area contributed by atoms with Crippen LogP contribution in [-0.2, 0) is 6.42 Å². The highest BCUT2D eigenvalue weighted by Crippen LogP contribution is 2.17. The van der Waals surface area contributed by atoms with E-state index in [0.29, 0.717) is 0 Å². The molecule has 0 radical (unpaired) electrons. The monoisotopic (exact) mass is 196 g/mol. The van der Waals surface area contributed by atoms with Crippen molar-refractivity contribution in [2.75, 3.05) is 0 Å². The Morgan fingerprint density at radius 2 is 1.60 bits per heavy atom. The first kappa shape index (κ1) is 9.97. The van der Waals surface area contributed by atoms with E-state index in [9.17, 15) is 0 Å². The number of rotatable bonds is 2. The van der Waals surface area contributed by atoms with Crippen LogP contribution in [0.25, 0.3) is 0 Å². The van der Waals surface area contributed by atoms with Gasteiger partial charge in [0.25, 0.3) is 0 Å². The summed E-state index contributed by atoms with van der Waals surface area (Å²) in [4.78, 5) is 0. The summed E-state index contributed by atoms with van der Waals surface area (Å²) in [7, 11) is 0. The second-order valence-electron chi connectivity index (χ2n) is 4.12. The van der Waals surface area contributed by atoms with Crippen LogP contribution in [0, 0.1) is 6.92 Å². The Labute approximate surface area is 91.6 Å². The molecule has 0 aromatic heterocycles. The third-order valence-electron chi connectivity index (χ3n) is 2.75. The lowest BCUT2D eigenvalue weighted by atomic mass is 10.0. The quantitative estimate of drug-likeness (QED) is 0.671. The van der Waals surface area contributed by atoms with Crippen LogP contribution < -0.4 is 0 Å². The fourth-order valence-corrected chi connectivity index (χ4v) is 1.77. The molecule has 0 N–H and O–H groups in total. The molecule has 0 bridgehead atoms. The van der Waals surface area contributed by atoms with Gasteiger partial charge in [-0.1, -0.05) is 59.7 Å². The fourth-order valence-electron chi connectivity index (χ4n) is 1.77. The molecule has 0 amide bonds. The van der Waals surface area contributed by atoms with Gasteiger partial charge in [-0.05, 0) is 31.4 Å². The number of allylic oxidation sites excluding steroid dienone is 6. The van der Waals surface area contributed by atoms with Gasteiger partial charge in [-0.3, -0.25) is 0 Å². The van der Waals surface area contributed by atoms with Gasteiger partial charge < -0.3 is 0 Å². The van der Waals surface area contributed by atoms with Crippen LogP contribution >= 0.6 is 0 Å². The van der Waals surface area contributed by atoms with Crippen molar-refractivity contribution in [1.82, 2.24) is 0 Å². The molecule has 76 valence electrons. The first-order valence-electron chi connectivity index (χ1n) is 5.36. The third kappa shape index (κ3) is 2.47. The van der Waals surface area contributed by atoms with E-state index in [2.05, 4.69) is 62.4 Å². The zero-order valence-electron chi connectivity index (χ0n) is 9.33. The van der Waals surface area contributed by atoms with E-state index in [1.807, 2.05) is 0 Å². The lowest BCUT2D eigenvalue weighted by molar-refractivity contribution is 1.12. The Kier molecular flexibility index (Phi) is 2.86. The van der Waals surface area contributed by atoms with Gasteiger partial charge in [0.15, 0.2) is 0 Å². The molecule has 15 heavy (non-hydrogen) atoms. The summed E-state index contributed by atoms with van der Waals surface area (Å²) in [5.74, 6) is 0. The van der Waals surface area contributed by atoms with Crippen LogP contribution in [0.4, 0.5) is 0 Å². The first-order valence-corrected chi connectivity index (χ1v) is 5.36. The highest BCUT2D eigenvalue weighted by Gasteiger charge is 2.00. The van der Waals surface area contributed by atoms with Crippen molar-refractivity contribution < 1.29 is 0 Å². The van der Waals surface area contributed by atoms with E-state index in [-0.39, 0.29) is 0 Å². The highest BCUT2D eigenvalue weighted by atomic mass is 14.1. The maximum Gasteiger partial charge on any atom is -0.00609 e. The van der Waals surface area contributed by atoms with Crippen molar-refractivity contribution in [2.45, 2.75) is 20.3 Å². The molecule has 0 atom stereocenters. The summed E-state index contributed by atoms with van der Waals surface area (Å²) in [6.45, 7) is 4.33. The maximum atomic E-state index is 2.21. The number of hydrogen-bond donors (Lipinski definition) is 0. The van der Waals surface area contributed by atoms with Crippen molar-refractivity contribution in [1.29, 1.82) is 0 Å². The molecule has 2 rings (SSSR count). The van der Waals surface area contributed by atoms with Crippen molar-refractivity contribution in [3.63, 3.8) is 0 Å². The van der Waals surface area contributed by atoms with Crippen molar-refractivity contribution in [3.05, 3.63) is 70.8 Å². The van der Waals surface area contributed by atoms with Gasteiger partial charge in [0.2, 0.25) is 0 Å². The summed E-state index contributed by atoms with van der Waals surface area (Å²) in [6.07, 6.45) is 9.57. The smallest absolute Gasteiger partial charge is 0.00609 e. The van der Waals surface area contributed by atoms with Gasteiger partial charge in [-0.15, -0.1) is 0 Å². The maximum absolute atomic E-state index is 2.21. The SMILES string of the molecule is CC(Cc1ccc(C)cc1)=C1C=CC=C1. The normalized spacial score (nSPS) is 13.6. The van der Waals surface area contributed by atoms with Gasteiger partial charge in [0.1, 0.15) is 0 Å². The zero-order chi connectivity index (χ0) is 10.7. The molecule has 1 aromatic carbocycles. The summed E-state index contributed by atoms with van der Waals surface area (Å²) < 4.78 is 0. The zero-order valence-corrected chi connectivity index (χ0v) is 9.33. The Morgan fingerprint density at radius 3 is 2.20 bits per heavy atom. The van der Waals surface area contributed by atoms with Crippen molar-refractivity contribution >= 4 is 0 Å². The van der Waals surface area contributed by atoms with Crippen LogP contribution in [0.1, 0.15) is 18.1 Å². The van der Waals surface area contributed by atoms with Crippen LogP contribution in [0.5, 0.6) is 0 Å². The third-order valence-corrected chi connectivity index (χ3v) is 2.75. The number of benzene rings is 1. The molecule has 1 aliphatic rings. The predicted octanol–water partition coefficient (Wildman–Crippen LogP) is 3.98. The standard InChI is InChI=1S/C15H16/c1-12-7-9-14(10-8-12)11-13(2)15-5-3-4-6-15/h3-10H,11H2,1-2H3. The minimum absolute atomic E-state index is 1.05. The van der Waals surface area contributed by atoms with E-state index in [4.69, 9.17) is 0 Å². The summed E-state index contributed by atoms with van der Waals surface area (Å²) >= 11 is 0. The molecule has 0 aliphatic heterocycles. The lowest BCUT2D eigenvalue weighted by Crippen LogP contribution is -1.89. The summed E-state index contributed by atoms with van der Waals surface area (Å²) in [6, 6.07) is 8.77. The van der Waals surface area contributed by atoms with Crippen LogP contribution in [0.3, 0.4) is 0 Å². The average molecular weight is 196 g/mol. The molecular formula is C15H16. The Morgan fingerprint density at radius 1 is 1.00 bits per heavy atom. The van der Waals surface area contributed by atoms with Crippen LogP contribution in [0.15, 0.2) is 59.7 Å². The molecule has 0 heteroatoms. The fraction of sp³-hybridized carbons (Fsp3) is 0.200. The van der Waals surface area contributed by atoms with E-state index < -0.39 is 0 Å². The molecule has 1 aliphatic carbocycles.